The molecule has 0 spiro atoms. The molecule has 0 aromatic rings. The Morgan fingerprint density at radius 3 is 2.47 bits per heavy atom. The third kappa shape index (κ3) is 4.65. The van der Waals surface area contributed by atoms with Gasteiger partial charge in [0.15, 0.2) is 5.84 Å². The highest BCUT2D eigenvalue weighted by Gasteiger charge is 2.33. The van der Waals surface area contributed by atoms with Crippen LogP contribution in [0, 0.1) is 5.92 Å². The van der Waals surface area contributed by atoms with E-state index in [0.717, 1.165) is 25.7 Å². The van der Waals surface area contributed by atoms with Crippen LogP contribution in [-0.4, -0.2) is 30.8 Å². The molecule has 1 aliphatic carbocycles. The van der Waals surface area contributed by atoms with E-state index in [1.807, 2.05) is 0 Å². The van der Waals surface area contributed by atoms with Crippen molar-refractivity contribution in [2.24, 2.45) is 16.8 Å². The van der Waals surface area contributed by atoms with Crippen molar-refractivity contribution < 1.29 is 13.6 Å². The number of nitrogens with one attached hydrogen (secondary N) is 1. The zero-order chi connectivity index (χ0) is 14.5. The molecule has 1 unspecified atom stereocenters. The van der Waals surface area contributed by atoms with Crippen LogP contribution in [0.4, 0.5) is 0 Å². The van der Waals surface area contributed by atoms with Crippen LogP contribution in [0.5, 0.6) is 0 Å². The van der Waals surface area contributed by atoms with Crippen molar-refractivity contribution >= 4 is 15.9 Å². The van der Waals surface area contributed by atoms with Crippen LogP contribution in [0.3, 0.4) is 0 Å². The van der Waals surface area contributed by atoms with Crippen molar-refractivity contribution in [3.05, 3.63) is 0 Å². The fourth-order valence-corrected chi connectivity index (χ4v) is 4.44. The molecule has 0 bridgehead atoms. The lowest BCUT2D eigenvalue weighted by Crippen LogP contribution is -2.55. The van der Waals surface area contributed by atoms with E-state index in [2.05, 4.69) is 9.88 Å². The van der Waals surface area contributed by atoms with Crippen LogP contribution in [0.25, 0.3) is 0 Å². The minimum absolute atomic E-state index is 0.109. The molecule has 1 fully saturated rings. The van der Waals surface area contributed by atoms with Crippen LogP contribution in [0.1, 0.15) is 52.4 Å². The Balaban J connectivity index is 2.71. The van der Waals surface area contributed by atoms with Gasteiger partial charge in [-0.3, -0.25) is 0 Å². The lowest BCUT2D eigenvalue weighted by atomic mass is 9.91. The van der Waals surface area contributed by atoms with Crippen LogP contribution in [0.15, 0.2) is 5.16 Å². The highest BCUT2D eigenvalue weighted by molar-refractivity contribution is 7.89. The number of amidine groups is 1. The Morgan fingerprint density at radius 1 is 1.42 bits per heavy atom. The zero-order valence-corrected chi connectivity index (χ0v) is 12.5. The van der Waals surface area contributed by atoms with Gasteiger partial charge in [0, 0.05) is 0 Å². The van der Waals surface area contributed by atoms with E-state index in [0.29, 0.717) is 6.42 Å². The van der Waals surface area contributed by atoms with Crippen LogP contribution in [0.2, 0.25) is 0 Å². The molecule has 112 valence electrons. The Morgan fingerprint density at radius 2 is 2.00 bits per heavy atom. The Hall–Kier alpha value is -0.820. The molecule has 0 amide bonds. The number of hydrogen-bond acceptors (Lipinski definition) is 4. The molecule has 6 nitrogen and oxygen atoms in total. The summed E-state index contributed by atoms with van der Waals surface area (Å²) in [7, 11) is -3.43. The normalized spacial score (nSPS) is 22.1. The fraction of sp³-hybridized carbons (Fsp3) is 0.917. The second-order valence-corrected chi connectivity index (χ2v) is 7.33. The average Bonchev–Trinajstić information content (AvgIpc) is 2.37. The summed E-state index contributed by atoms with van der Waals surface area (Å²) in [6, 6.07) is 0. The largest absolute Gasteiger partial charge is 0.409 e. The van der Waals surface area contributed by atoms with Gasteiger partial charge in [-0.2, -0.15) is 0 Å². The highest BCUT2D eigenvalue weighted by Crippen LogP contribution is 2.25. The number of sulfonamides is 1. The molecular weight excluding hydrogens is 266 g/mol. The number of nitrogens with zero attached hydrogens (tertiary/aromatic N) is 1. The van der Waals surface area contributed by atoms with Gasteiger partial charge in [-0.25, -0.2) is 13.1 Å². The summed E-state index contributed by atoms with van der Waals surface area (Å²) in [6.45, 7) is 3.42. The van der Waals surface area contributed by atoms with Gasteiger partial charge in [0.1, 0.15) is 0 Å². The van der Waals surface area contributed by atoms with Gasteiger partial charge >= 0.3 is 0 Å². The van der Waals surface area contributed by atoms with Crippen molar-refractivity contribution in [1.29, 1.82) is 0 Å². The highest BCUT2D eigenvalue weighted by atomic mass is 32.2. The van der Waals surface area contributed by atoms with Gasteiger partial charge in [0.05, 0.1) is 11.3 Å². The predicted octanol–water partition coefficient (Wildman–Crippen LogP) is 1.40. The van der Waals surface area contributed by atoms with E-state index < -0.39 is 15.6 Å². The molecule has 7 heteroatoms. The van der Waals surface area contributed by atoms with E-state index in [4.69, 9.17) is 10.9 Å². The Kier molecular flexibility index (Phi) is 5.61. The van der Waals surface area contributed by atoms with E-state index in [1.165, 1.54) is 6.42 Å². The summed E-state index contributed by atoms with van der Waals surface area (Å²) < 4.78 is 27.0. The van der Waals surface area contributed by atoms with E-state index >= 15 is 0 Å². The van der Waals surface area contributed by atoms with Crippen LogP contribution < -0.4 is 10.5 Å². The molecule has 1 rings (SSSR count). The third-order valence-electron chi connectivity index (χ3n) is 3.94. The van der Waals surface area contributed by atoms with Gasteiger partial charge in [-0.1, -0.05) is 31.3 Å². The molecule has 1 aliphatic rings. The molecule has 0 aromatic heterocycles. The SMILES string of the molecule is CCC(C)(NS(=O)(=O)CC1CCCCC1)/C(N)=N/O. The number of nitrogens with two attached hydrogens (primary N) is 1. The quantitative estimate of drug-likeness (QED) is 0.298. The maximum Gasteiger partial charge on any atom is 0.212 e. The molecule has 0 heterocycles. The van der Waals surface area contributed by atoms with Crippen LogP contribution >= 0.6 is 0 Å². The van der Waals surface area contributed by atoms with E-state index in [9.17, 15) is 8.42 Å². The van der Waals surface area contributed by atoms with Crippen molar-refractivity contribution in [3.8, 4) is 0 Å². The van der Waals surface area contributed by atoms with E-state index in [-0.39, 0.29) is 17.5 Å². The third-order valence-corrected chi connectivity index (χ3v) is 5.61. The average molecular weight is 291 g/mol. The Bertz CT molecular complexity index is 416. The maximum absolute atomic E-state index is 12.2. The molecule has 1 saturated carbocycles. The summed E-state index contributed by atoms with van der Waals surface area (Å²) in [5.41, 5.74) is 4.55. The van der Waals surface area contributed by atoms with Gasteiger partial charge in [0.25, 0.3) is 0 Å². The minimum atomic E-state index is -3.43. The first-order chi connectivity index (χ1) is 8.83. The van der Waals surface area contributed by atoms with Crippen molar-refractivity contribution in [3.63, 3.8) is 0 Å². The summed E-state index contributed by atoms with van der Waals surface area (Å²) in [5.74, 6) is 0.239. The monoisotopic (exact) mass is 291 g/mol. The predicted molar refractivity (Wildman–Crippen MR) is 75.6 cm³/mol. The smallest absolute Gasteiger partial charge is 0.212 e. The molecule has 0 aliphatic heterocycles. The number of oxime groups is 1. The standard InChI is InChI=1S/C12H25N3O3S/c1-3-12(2,11(13)14-16)15-19(17,18)9-10-7-5-4-6-8-10/h10,15-16H,3-9H2,1-2H3,(H2,13,14). The molecular formula is C12H25N3O3S. The van der Waals surface area contributed by atoms with Gasteiger partial charge in [-0.15, -0.1) is 0 Å². The summed E-state index contributed by atoms with van der Waals surface area (Å²) in [5, 5.41) is 11.7. The van der Waals surface area contributed by atoms with Gasteiger partial charge in [0.2, 0.25) is 10.0 Å². The summed E-state index contributed by atoms with van der Waals surface area (Å²) >= 11 is 0. The zero-order valence-electron chi connectivity index (χ0n) is 11.7. The minimum Gasteiger partial charge on any atom is -0.409 e. The first kappa shape index (κ1) is 16.2. The Labute approximate surface area is 115 Å². The van der Waals surface area contributed by atoms with E-state index in [1.54, 1.807) is 13.8 Å². The first-order valence-corrected chi connectivity index (χ1v) is 8.48. The maximum atomic E-state index is 12.2. The van der Waals surface area contributed by atoms with Gasteiger partial charge in [-0.05, 0) is 32.1 Å². The first-order valence-electron chi connectivity index (χ1n) is 6.82. The van der Waals surface area contributed by atoms with Crippen molar-refractivity contribution in [2.45, 2.75) is 57.9 Å². The van der Waals surface area contributed by atoms with Crippen molar-refractivity contribution in [1.82, 2.24) is 4.72 Å². The number of rotatable bonds is 6. The molecule has 19 heavy (non-hydrogen) atoms. The molecule has 0 saturated heterocycles. The van der Waals surface area contributed by atoms with Crippen molar-refractivity contribution in [2.75, 3.05) is 5.75 Å². The summed E-state index contributed by atoms with van der Waals surface area (Å²) in [6.07, 6.45) is 5.76. The topological polar surface area (TPSA) is 105 Å². The lowest BCUT2D eigenvalue weighted by molar-refractivity contribution is 0.310. The lowest BCUT2D eigenvalue weighted by Gasteiger charge is -2.29. The number of hydrogen-bond donors (Lipinski definition) is 3. The molecule has 1 atom stereocenters. The molecule has 0 aromatic carbocycles. The summed E-state index contributed by atoms with van der Waals surface area (Å²) in [4.78, 5) is 0. The molecule has 4 N–H and O–H groups in total. The second kappa shape index (κ2) is 6.56. The van der Waals surface area contributed by atoms with Gasteiger partial charge < -0.3 is 10.9 Å². The fourth-order valence-electron chi connectivity index (χ4n) is 2.46. The molecule has 0 radical (unpaired) electrons. The second-order valence-electron chi connectivity index (χ2n) is 5.56. The van der Waals surface area contributed by atoms with Crippen LogP contribution in [-0.2, 0) is 10.0 Å².